The number of benzene rings is 1. The fraction of sp³-hybridized carbons (Fsp3) is 0.273. The van der Waals surface area contributed by atoms with E-state index in [9.17, 15) is 18.0 Å². The molecule has 0 aliphatic carbocycles. The zero-order valence-electron chi connectivity index (χ0n) is 10.4. The maximum Gasteiger partial charge on any atom is 0.335 e. The van der Waals surface area contributed by atoms with E-state index in [2.05, 4.69) is 5.32 Å². The smallest absolute Gasteiger partial charge is 0.335 e. The quantitative estimate of drug-likeness (QED) is 0.751. The van der Waals surface area contributed by atoms with Gasteiger partial charge in [0.1, 0.15) is 10.6 Å². The van der Waals surface area contributed by atoms with Gasteiger partial charge >= 0.3 is 5.97 Å². The number of carboxylic acid groups (broad SMARTS) is 1. The average Bonchev–Trinajstić information content (AvgIpc) is 2.37. The van der Waals surface area contributed by atoms with E-state index in [-0.39, 0.29) is 30.2 Å². The summed E-state index contributed by atoms with van der Waals surface area (Å²) in [5.41, 5.74) is -0.233. The van der Waals surface area contributed by atoms with Crippen molar-refractivity contribution in [3.63, 3.8) is 0 Å². The van der Waals surface area contributed by atoms with E-state index in [0.717, 1.165) is 6.07 Å². The topological polar surface area (TPSA) is 110 Å². The summed E-state index contributed by atoms with van der Waals surface area (Å²) in [5.74, 6) is -1.67. The molecule has 0 unspecified atom stereocenters. The van der Waals surface area contributed by atoms with Gasteiger partial charge in [-0.15, -0.1) is 0 Å². The van der Waals surface area contributed by atoms with Crippen molar-refractivity contribution < 1.29 is 27.9 Å². The van der Waals surface area contributed by atoms with Gasteiger partial charge in [0.05, 0.1) is 18.6 Å². The predicted octanol–water partition coefficient (Wildman–Crippen LogP) is 0.827. The van der Waals surface area contributed by atoms with Crippen molar-refractivity contribution in [1.82, 2.24) is 5.32 Å². The fourth-order valence-corrected chi connectivity index (χ4v) is 2.33. The van der Waals surface area contributed by atoms with E-state index in [0.29, 0.717) is 0 Å². The SMILES string of the molecule is CNC(=O)CCOc1ccc(C(=O)O)cc1S(=O)(=O)Cl. The molecule has 2 N–H and O–H groups in total. The number of hydrogen-bond acceptors (Lipinski definition) is 5. The molecule has 0 aliphatic rings. The van der Waals surface area contributed by atoms with Crippen LogP contribution in [0.25, 0.3) is 0 Å². The summed E-state index contributed by atoms with van der Waals surface area (Å²) >= 11 is 0. The summed E-state index contributed by atoms with van der Waals surface area (Å²) in [6.07, 6.45) is 0.0267. The van der Waals surface area contributed by atoms with E-state index >= 15 is 0 Å². The number of aromatic carboxylic acids is 1. The van der Waals surface area contributed by atoms with Crippen LogP contribution in [0.1, 0.15) is 16.8 Å². The fourth-order valence-electron chi connectivity index (χ4n) is 1.33. The lowest BCUT2D eigenvalue weighted by Crippen LogP contribution is -2.20. The number of rotatable bonds is 6. The summed E-state index contributed by atoms with van der Waals surface area (Å²) in [7, 11) is 2.52. The second-order valence-electron chi connectivity index (χ2n) is 3.68. The van der Waals surface area contributed by atoms with Crippen LogP contribution >= 0.6 is 10.7 Å². The summed E-state index contributed by atoms with van der Waals surface area (Å²) in [5, 5.41) is 11.2. The van der Waals surface area contributed by atoms with Crippen molar-refractivity contribution in [2.75, 3.05) is 13.7 Å². The molecule has 1 aromatic carbocycles. The molecule has 7 nitrogen and oxygen atoms in total. The zero-order valence-corrected chi connectivity index (χ0v) is 12.0. The highest BCUT2D eigenvalue weighted by molar-refractivity contribution is 8.13. The summed E-state index contributed by atoms with van der Waals surface area (Å²) in [6, 6.07) is 3.27. The molecule has 0 saturated carbocycles. The van der Waals surface area contributed by atoms with Crippen molar-refractivity contribution in [3.05, 3.63) is 23.8 Å². The first-order valence-corrected chi connectivity index (χ1v) is 7.72. The second-order valence-corrected chi connectivity index (χ2v) is 6.21. The van der Waals surface area contributed by atoms with Crippen LogP contribution in [0.2, 0.25) is 0 Å². The maximum absolute atomic E-state index is 11.4. The van der Waals surface area contributed by atoms with E-state index in [1.165, 1.54) is 19.2 Å². The molecule has 9 heteroatoms. The number of hydrogen-bond donors (Lipinski definition) is 2. The van der Waals surface area contributed by atoms with Crippen molar-refractivity contribution >= 4 is 31.6 Å². The molecule has 0 radical (unpaired) electrons. The third-order valence-electron chi connectivity index (χ3n) is 2.32. The summed E-state index contributed by atoms with van der Waals surface area (Å²) in [6.45, 7) is -0.0640. The van der Waals surface area contributed by atoms with E-state index < -0.39 is 19.9 Å². The first-order valence-electron chi connectivity index (χ1n) is 5.41. The van der Waals surface area contributed by atoms with Crippen LogP contribution in [0, 0.1) is 0 Å². The highest BCUT2D eigenvalue weighted by Crippen LogP contribution is 2.28. The molecule has 0 spiro atoms. The molecule has 0 atom stereocenters. The number of carboxylic acids is 1. The Morgan fingerprint density at radius 1 is 1.40 bits per heavy atom. The minimum Gasteiger partial charge on any atom is -0.492 e. The number of ether oxygens (including phenoxy) is 1. The van der Waals surface area contributed by atoms with Crippen molar-refractivity contribution in [1.29, 1.82) is 0 Å². The van der Waals surface area contributed by atoms with Gasteiger partial charge in [-0.25, -0.2) is 13.2 Å². The molecule has 0 aliphatic heterocycles. The lowest BCUT2D eigenvalue weighted by atomic mass is 10.2. The Labute approximate surface area is 119 Å². The van der Waals surface area contributed by atoms with Gasteiger partial charge in [-0.1, -0.05) is 0 Å². The third-order valence-corrected chi connectivity index (χ3v) is 3.66. The van der Waals surface area contributed by atoms with Crippen LogP contribution < -0.4 is 10.1 Å². The van der Waals surface area contributed by atoms with Gasteiger partial charge in [0, 0.05) is 17.7 Å². The van der Waals surface area contributed by atoms with Crippen molar-refractivity contribution in [2.24, 2.45) is 0 Å². The van der Waals surface area contributed by atoms with Crippen LogP contribution in [0.5, 0.6) is 5.75 Å². The minimum atomic E-state index is -4.16. The van der Waals surface area contributed by atoms with Crippen LogP contribution in [0.15, 0.2) is 23.1 Å². The number of nitrogens with one attached hydrogen (secondary N) is 1. The Hall–Kier alpha value is -1.80. The van der Waals surface area contributed by atoms with E-state index in [4.69, 9.17) is 20.5 Å². The molecule has 1 amide bonds. The predicted molar refractivity (Wildman–Crippen MR) is 70.6 cm³/mol. The van der Waals surface area contributed by atoms with Crippen LogP contribution in [0.3, 0.4) is 0 Å². The monoisotopic (exact) mass is 321 g/mol. The van der Waals surface area contributed by atoms with E-state index in [1.54, 1.807) is 0 Å². The Balaban J connectivity index is 3.01. The van der Waals surface area contributed by atoms with Gasteiger partial charge in [-0.05, 0) is 18.2 Å². The lowest BCUT2D eigenvalue weighted by molar-refractivity contribution is -0.121. The molecule has 1 aromatic rings. The first-order chi connectivity index (χ1) is 9.25. The van der Waals surface area contributed by atoms with Crippen LogP contribution in [-0.2, 0) is 13.8 Å². The van der Waals surface area contributed by atoms with Crippen LogP contribution in [0.4, 0.5) is 0 Å². The number of halogens is 1. The molecule has 0 heterocycles. The first kappa shape index (κ1) is 16.3. The van der Waals surface area contributed by atoms with Crippen molar-refractivity contribution in [3.8, 4) is 5.75 Å². The number of carbonyl (C=O) groups is 2. The Morgan fingerprint density at radius 2 is 2.05 bits per heavy atom. The molecule has 1 rings (SSSR count). The van der Waals surface area contributed by atoms with Gasteiger partial charge in [0.15, 0.2) is 0 Å². The normalized spacial score (nSPS) is 10.9. The van der Waals surface area contributed by atoms with Gasteiger partial charge in [0.25, 0.3) is 9.05 Å². The second kappa shape index (κ2) is 6.58. The largest absolute Gasteiger partial charge is 0.492 e. The molecule has 0 fully saturated rings. The van der Waals surface area contributed by atoms with Gasteiger partial charge < -0.3 is 15.2 Å². The third kappa shape index (κ3) is 4.39. The standard InChI is InChI=1S/C11H12ClNO6S/c1-13-10(14)4-5-19-8-3-2-7(11(15)16)6-9(8)20(12,17)18/h2-3,6H,4-5H2,1H3,(H,13,14)(H,15,16). The molecule has 110 valence electrons. The maximum atomic E-state index is 11.4. The summed E-state index contributed by atoms with van der Waals surface area (Å²) < 4.78 is 27.9. The molecular formula is C11H12ClNO6S. The van der Waals surface area contributed by atoms with Crippen molar-refractivity contribution in [2.45, 2.75) is 11.3 Å². The Bertz CT molecular complexity index is 628. The summed E-state index contributed by atoms with van der Waals surface area (Å²) in [4.78, 5) is 21.4. The Kier molecular flexibility index (Phi) is 5.34. The molecule has 20 heavy (non-hydrogen) atoms. The highest BCUT2D eigenvalue weighted by atomic mass is 35.7. The molecule has 0 bridgehead atoms. The number of amides is 1. The highest BCUT2D eigenvalue weighted by Gasteiger charge is 2.19. The molecular weight excluding hydrogens is 310 g/mol. The minimum absolute atomic E-state index is 0.0267. The zero-order chi connectivity index (χ0) is 15.3. The molecule has 0 saturated heterocycles. The Morgan fingerprint density at radius 3 is 2.55 bits per heavy atom. The number of carbonyl (C=O) groups excluding carboxylic acids is 1. The van der Waals surface area contributed by atoms with Gasteiger partial charge in [-0.3, -0.25) is 4.79 Å². The lowest BCUT2D eigenvalue weighted by Gasteiger charge is -2.10. The van der Waals surface area contributed by atoms with Gasteiger partial charge in [-0.2, -0.15) is 0 Å². The molecule has 0 aromatic heterocycles. The van der Waals surface area contributed by atoms with E-state index in [1.807, 2.05) is 0 Å². The van der Waals surface area contributed by atoms with Gasteiger partial charge in [0.2, 0.25) is 5.91 Å². The van der Waals surface area contributed by atoms with Crippen LogP contribution in [-0.4, -0.2) is 39.1 Å². The average molecular weight is 322 g/mol.